The first-order valence-electron chi connectivity index (χ1n) is 6.80. The van der Waals surface area contributed by atoms with Gasteiger partial charge in [0, 0.05) is 6.42 Å². The molecule has 0 saturated carbocycles. The monoisotopic (exact) mass is 276 g/mol. The van der Waals surface area contributed by atoms with Gasteiger partial charge in [-0.15, -0.1) is 0 Å². The quantitative estimate of drug-likeness (QED) is 0.808. The highest BCUT2D eigenvalue weighted by atomic mass is 16.5. The van der Waals surface area contributed by atoms with E-state index in [-0.39, 0.29) is 0 Å². The summed E-state index contributed by atoms with van der Waals surface area (Å²) in [5, 5.41) is 3.16. The Balaban J connectivity index is 2.17. The number of rotatable bonds is 7. The van der Waals surface area contributed by atoms with Crippen LogP contribution < -0.4 is 15.8 Å². The number of nitrogens with one attached hydrogen (secondary N) is 1. The van der Waals surface area contributed by atoms with Gasteiger partial charge >= 0.3 is 0 Å². The second-order valence-electron chi connectivity index (χ2n) is 4.34. The number of aryl methyl sites for hydroxylation is 1. The van der Waals surface area contributed by atoms with E-state index in [0.29, 0.717) is 36.4 Å². The number of nitrogen functional groups attached to an aromatic ring is 1. The molecule has 0 saturated heterocycles. The highest BCUT2D eigenvalue weighted by Crippen LogP contribution is 2.26. The Hall–Kier alpha value is -2.24. The predicted octanol–water partition coefficient (Wildman–Crippen LogP) is 2.62. The standard InChI is InChI=1S/C14H20N4O2/c1-3-7-20-14-12(15)13(17-11(4-2)18-14)16-9-10-6-5-8-19-10/h5-6,8H,3-4,7,9,15H2,1-2H3,(H,16,17,18). The van der Waals surface area contributed by atoms with Crippen LogP contribution in [-0.4, -0.2) is 16.6 Å². The average Bonchev–Trinajstić information content (AvgIpc) is 2.98. The average molecular weight is 276 g/mol. The van der Waals surface area contributed by atoms with Crippen LogP contribution in [-0.2, 0) is 13.0 Å². The van der Waals surface area contributed by atoms with Gasteiger partial charge < -0.3 is 20.2 Å². The molecule has 108 valence electrons. The topological polar surface area (TPSA) is 86.2 Å². The van der Waals surface area contributed by atoms with Crippen molar-refractivity contribution in [1.29, 1.82) is 0 Å². The lowest BCUT2D eigenvalue weighted by Crippen LogP contribution is -2.10. The summed E-state index contributed by atoms with van der Waals surface area (Å²) in [6, 6.07) is 3.73. The molecule has 0 aliphatic rings. The molecule has 2 rings (SSSR count). The minimum Gasteiger partial charge on any atom is -0.476 e. The number of ether oxygens (including phenoxy) is 1. The maximum atomic E-state index is 6.04. The van der Waals surface area contributed by atoms with Gasteiger partial charge in [-0.3, -0.25) is 0 Å². The van der Waals surface area contributed by atoms with Crippen LogP contribution in [0.3, 0.4) is 0 Å². The maximum Gasteiger partial charge on any atom is 0.242 e. The molecule has 0 unspecified atom stereocenters. The van der Waals surface area contributed by atoms with Gasteiger partial charge in [0.25, 0.3) is 0 Å². The molecular formula is C14H20N4O2. The van der Waals surface area contributed by atoms with Crippen LogP contribution in [0.2, 0.25) is 0 Å². The molecular weight excluding hydrogens is 256 g/mol. The predicted molar refractivity (Wildman–Crippen MR) is 77.6 cm³/mol. The summed E-state index contributed by atoms with van der Waals surface area (Å²) >= 11 is 0. The first-order chi connectivity index (χ1) is 9.74. The molecule has 2 aromatic rings. The lowest BCUT2D eigenvalue weighted by atomic mass is 10.3. The van der Waals surface area contributed by atoms with Gasteiger partial charge in [0.1, 0.15) is 17.3 Å². The van der Waals surface area contributed by atoms with Crippen molar-refractivity contribution >= 4 is 11.5 Å². The molecule has 0 fully saturated rings. The number of nitrogens with zero attached hydrogens (tertiary/aromatic N) is 2. The third-order valence-electron chi connectivity index (χ3n) is 2.73. The highest BCUT2D eigenvalue weighted by molar-refractivity contribution is 5.66. The Morgan fingerprint density at radius 2 is 2.20 bits per heavy atom. The molecule has 0 aromatic carbocycles. The second-order valence-corrected chi connectivity index (χ2v) is 4.34. The smallest absolute Gasteiger partial charge is 0.242 e. The molecule has 0 radical (unpaired) electrons. The molecule has 0 aliphatic heterocycles. The van der Waals surface area contributed by atoms with Gasteiger partial charge in [-0.1, -0.05) is 13.8 Å². The third kappa shape index (κ3) is 3.40. The van der Waals surface area contributed by atoms with Crippen LogP contribution >= 0.6 is 0 Å². The largest absolute Gasteiger partial charge is 0.476 e. The van der Waals surface area contributed by atoms with E-state index in [9.17, 15) is 0 Å². The molecule has 0 bridgehead atoms. The summed E-state index contributed by atoms with van der Waals surface area (Å²) in [4.78, 5) is 8.70. The lowest BCUT2D eigenvalue weighted by molar-refractivity contribution is 0.305. The molecule has 20 heavy (non-hydrogen) atoms. The zero-order chi connectivity index (χ0) is 14.4. The van der Waals surface area contributed by atoms with Crippen LogP contribution in [0.1, 0.15) is 31.9 Å². The zero-order valence-corrected chi connectivity index (χ0v) is 11.8. The number of furan rings is 1. The Kier molecular flexibility index (Phi) is 4.81. The Bertz CT molecular complexity index is 540. The van der Waals surface area contributed by atoms with Crippen molar-refractivity contribution in [2.45, 2.75) is 33.2 Å². The van der Waals surface area contributed by atoms with E-state index in [1.54, 1.807) is 6.26 Å². The van der Waals surface area contributed by atoms with Crippen molar-refractivity contribution in [3.05, 3.63) is 30.0 Å². The van der Waals surface area contributed by atoms with E-state index < -0.39 is 0 Å². The normalized spacial score (nSPS) is 10.5. The summed E-state index contributed by atoms with van der Waals surface area (Å²) in [5.74, 6) is 2.55. The summed E-state index contributed by atoms with van der Waals surface area (Å²) in [6.45, 7) is 5.13. The fraction of sp³-hybridized carbons (Fsp3) is 0.429. The first-order valence-corrected chi connectivity index (χ1v) is 6.80. The van der Waals surface area contributed by atoms with Crippen LogP contribution in [0, 0.1) is 0 Å². The van der Waals surface area contributed by atoms with Crippen molar-refractivity contribution in [2.75, 3.05) is 17.7 Å². The first kappa shape index (κ1) is 14.2. The van der Waals surface area contributed by atoms with Gasteiger partial charge in [-0.05, 0) is 18.6 Å². The highest BCUT2D eigenvalue weighted by Gasteiger charge is 2.12. The van der Waals surface area contributed by atoms with Crippen molar-refractivity contribution in [2.24, 2.45) is 0 Å². The number of nitrogens with two attached hydrogens (primary N) is 1. The number of hydrogen-bond acceptors (Lipinski definition) is 6. The number of hydrogen-bond donors (Lipinski definition) is 2. The summed E-state index contributed by atoms with van der Waals surface area (Å²) in [5.41, 5.74) is 6.48. The second kappa shape index (κ2) is 6.79. The van der Waals surface area contributed by atoms with Crippen molar-refractivity contribution in [3.8, 4) is 5.88 Å². The van der Waals surface area contributed by atoms with Gasteiger partial charge in [0.2, 0.25) is 5.88 Å². The Morgan fingerprint density at radius 1 is 1.35 bits per heavy atom. The number of anilines is 2. The van der Waals surface area contributed by atoms with Gasteiger partial charge in [-0.25, -0.2) is 4.98 Å². The van der Waals surface area contributed by atoms with E-state index in [0.717, 1.165) is 18.6 Å². The van der Waals surface area contributed by atoms with Crippen LogP contribution in [0.5, 0.6) is 5.88 Å². The molecule has 0 spiro atoms. The molecule has 3 N–H and O–H groups in total. The third-order valence-corrected chi connectivity index (χ3v) is 2.73. The molecule has 6 heteroatoms. The van der Waals surface area contributed by atoms with Crippen LogP contribution in [0.25, 0.3) is 0 Å². The molecule has 2 aromatic heterocycles. The van der Waals surface area contributed by atoms with E-state index in [2.05, 4.69) is 15.3 Å². The molecule has 0 atom stereocenters. The minimum atomic E-state index is 0.433. The van der Waals surface area contributed by atoms with E-state index >= 15 is 0 Å². The van der Waals surface area contributed by atoms with Crippen molar-refractivity contribution < 1.29 is 9.15 Å². The lowest BCUT2D eigenvalue weighted by Gasteiger charge is -2.13. The summed E-state index contributed by atoms with van der Waals surface area (Å²) in [7, 11) is 0. The fourth-order valence-corrected chi connectivity index (χ4v) is 1.68. The van der Waals surface area contributed by atoms with Gasteiger partial charge in [0.05, 0.1) is 19.4 Å². The molecule has 0 aliphatic carbocycles. The summed E-state index contributed by atoms with van der Waals surface area (Å²) < 4.78 is 10.8. The Morgan fingerprint density at radius 3 is 2.85 bits per heavy atom. The molecule has 2 heterocycles. The summed E-state index contributed by atoms with van der Waals surface area (Å²) in [6.07, 6.45) is 3.26. The van der Waals surface area contributed by atoms with Crippen LogP contribution in [0.4, 0.5) is 11.5 Å². The molecule has 0 amide bonds. The van der Waals surface area contributed by atoms with E-state index in [1.165, 1.54) is 0 Å². The minimum absolute atomic E-state index is 0.433. The Labute approximate surface area is 118 Å². The number of aromatic nitrogens is 2. The molecule has 6 nitrogen and oxygen atoms in total. The van der Waals surface area contributed by atoms with E-state index in [4.69, 9.17) is 14.9 Å². The zero-order valence-electron chi connectivity index (χ0n) is 11.8. The maximum absolute atomic E-state index is 6.04. The SMILES string of the molecule is CCCOc1nc(CC)nc(NCc2ccco2)c1N. The van der Waals surface area contributed by atoms with Gasteiger partial charge in [0.15, 0.2) is 5.82 Å². The van der Waals surface area contributed by atoms with Crippen molar-refractivity contribution in [1.82, 2.24) is 9.97 Å². The van der Waals surface area contributed by atoms with Gasteiger partial charge in [-0.2, -0.15) is 4.98 Å². The van der Waals surface area contributed by atoms with Crippen molar-refractivity contribution in [3.63, 3.8) is 0 Å². The fourth-order valence-electron chi connectivity index (χ4n) is 1.68. The van der Waals surface area contributed by atoms with Crippen LogP contribution in [0.15, 0.2) is 22.8 Å². The van der Waals surface area contributed by atoms with E-state index in [1.807, 2.05) is 26.0 Å².